The minimum absolute atomic E-state index is 0.0267. The van der Waals surface area contributed by atoms with Crippen molar-refractivity contribution in [2.45, 2.75) is 32.2 Å². The van der Waals surface area contributed by atoms with Gasteiger partial charge in [-0.1, -0.05) is 0 Å². The van der Waals surface area contributed by atoms with Crippen LogP contribution in [0.25, 0.3) is 0 Å². The van der Waals surface area contributed by atoms with E-state index in [0.29, 0.717) is 0 Å². The molecule has 4 nitrogen and oxygen atoms in total. The lowest BCUT2D eigenvalue weighted by Crippen LogP contribution is -2.50. The highest BCUT2D eigenvalue weighted by atomic mass is 16.2. The zero-order chi connectivity index (χ0) is 12.3. The molecule has 1 saturated heterocycles. The van der Waals surface area contributed by atoms with Gasteiger partial charge in [0.25, 0.3) is 0 Å². The minimum atomic E-state index is -0.749. The van der Waals surface area contributed by atoms with Gasteiger partial charge >= 0.3 is 0 Å². The molecule has 1 fully saturated rings. The SMILES string of the molecule is CN1CCC(CCN(C)C(=O)C(C)(C)N)C1. The number of carbonyl (C=O) groups excluding carboxylic acids is 1. The van der Waals surface area contributed by atoms with Crippen LogP contribution in [0.4, 0.5) is 0 Å². The van der Waals surface area contributed by atoms with Gasteiger partial charge in [0.2, 0.25) is 5.91 Å². The Bertz CT molecular complexity index is 247. The summed E-state index contributed by atoms with van der Waals surface area (Å²) < 4.78 is 0. The van der Waals surface area contributed by atoms with Gasteiger partial charge in [0, 0.05) is 20.1 Å². The molecule has 94 valence electrons. The number of rotatable bonds is 4. The van der Waals surface area contributed by atoms with Crippen molar-refractivity contribution in [2.75, 3.05) is 33.7 Å². The van der Waals surface area contributed by atoms with Crippen molar-refractivity contribution < 1.29 is 4.79 Å². The van der Waals surface area contributed by atoms with Crippen molar-refractivity contribution in [3.8, 4) is 0 Å². The van der Waals surface area contributed by atoms with E-state index in [0.717, 1.165) is 25.4 Å². The summed E-state index contributed by atoms with van der Waals surface area (Å²) in [5.74, 6) is 0.764. The summed E-state index contributed by atoms with van der Waals surface area (Å²) in [7, 11) is 3.99. The van der Waals surface area contributed by atoms with E-state index in [1.165, 1.54) is 13.0 Å². The monoisotopic (exact) mass is 227 g/mol. The zero-order valence-electron chi connectivity index (χ0n) is 11.0. The molecule has 0 aromatic rings. The van der Waals surface area contributed by atoms with Crippen LogP contribution in [-0.2, 0) is 4.79 Å². The fourth-order valence-electron chi connectivity index (χ4n) is 2.23. The summed E-state index contributed by atoms with van der Waals surface area (Å²) in [6.45, 7) is 6.68. The smallest absolute Gasteiger partial charge is 0.241 e. The highest BCUT2D eigenvalue weighted by molar-refractivity contribution is 5.84. The molecule has 1 unspecified atom stereocenters. The van der Waals surface area contributed by atoms with Gasteiger partial charge in [-0.05, 0) is 46.2 Å². The van der Waals surface area contributed by atoms with E-state index in [4.69, 9.17) is 5.73 Å². The van der Waals surface area contributed by atoms with Gasteiger partial charge in [0.1, 0.15) is 0 Å². The minimum Gasteiger partial charge on any atom is -0.344 e. The highest BCUT2D eigenvalue weighted by Crippen LogP contribution is 2.18. The molecule has 0 spiro atoms. The summed E-state index contributed by atoms with van der Waals surface area (Å²) in [5.41, 5.74) is 5.04. The Hall–Kier alpha value is -0.610. The van der Waals surface area contributed by atoms with Crippen molar-refractivity contribution in [1.82, 2.24) is 9.80 Å². The van der Waals surface area contributed by atoms with E-state index >= 15 is 0 Å². The van der Waals surface area contributed by atoms with Crippen LogP contribution in [0.1, 0.15) is 26.7 Å². The molecule has 0 aliphatic carbocycles. The van der Waals surface area contributed by atoms with E-state index in [2.05, 4.69) is 11.9 Å². The fraction of sp³-hybridized carbons (Fsp3) is 0.917. The number of likely N-dealkylation sites (tertiary alicyclic amines) is 1. The van der Waals surface area contributed by atoms with Crippen LogP contribution in [0.5, 0.6) is 0 Å². The Morgan fingerprint density at radius 1 is 1.56 bits per heavy atom. The van der Waals surface area contributed by atoms with Crippen LogP contribution < -0.4 is 5.73 Å². The summed E-state index contributed by atoms with van der Waals surface area (Å²) in [5, 5.41) is 0. The normalized spacial score (nSPS) is 22.4. The molecule has 0 bridgehead atoms. The zero-order valence-corrected chi connectivity index (χ0v) is 11.0. The number of nitrogens with two attached hydrogens (primary N) is 1. The second-order valence-corrected chi connectivity index (χ2v) is 5.65. The Balaban J connectivity index is 2.30. The van der Waals surface area contributed by atoms with E-state index in [1.807, 2.05) is 7.05 Å². The van der Waals surface area contributed by atoms with Gasteiger partial charge in [-0.25, -0.2) is 0 Å². The van der Waals surface area contributed by atoms with Crippen molar-refractivity contribution in [2.24, 2.45) is 11.7 Å². The van der Waals surface area contributed by atoms with E-state index in [1.54, 1.807) is 18.7 Å². The lowest BCUT2D eigenvalue weighted by atomic mass is 10.0. The first-order valence-corrected chi connectivity index (χ1v) is 6.03. The maximum Gasteiger partial charge on any atom is 0.241 e. The maximum absolute atomic E-state index is 11.8. The average molecular weight is 227 g/mol. The van der Waals surface area contributed by atoms with Gasteiger partial charge in [0.15, 0.2) is 0 Å². The molecule has 2 N–H and O–H groups in total. The number of hydrogen-bond acceptors (Lipinski definition) is 3. The van der Waals surface area contributed by atoms with Crippen LogP contribution >= 0.6 is 0 Å². The van der Waals surface area contributed by atoms with Gasteiger partial charge in [-0.3, -0.25) is 4.79 Å². The first-order valence-electron chi connectivity index (χ1n) is 6.03. The number of carbonyl (C=O) groups is 1. The predicted molar refractivity (Wildman–Crippen MR) is 66.1 cm³/mol. The Morgan fingerprint density at radius 3 is 2.62 bits per heavy atom. The van der Waals surface area contributed by atoms with E-state index < -0.39 is 5.54 Å². The molecule has 1 amide bonds. The standard InChI is InChI=1S/C12H25N3O/c1-12(2,13)11(16)15(4)8-6-10-5-7-14(3)9-10/h10H,5-9,13H2,1-4H3. The van der Waals surface area contributed by atoms with Crippen molar-refractivity contribution in [3.63, 3.8) is 0 Å². The van der Waals surface area contributed by atoms with Gasteiger partial charge < -0.3 is 15.5 Å². The molecule has 0 aromatic carbocycles. The molecule has 4 heteroatoms. The molecule has 16 heavy (non-hydrogen) atoms. The van der Waals surface area contributed by atoms with E-state index in [-0.39, 0.29) is 5.91 Å². The third-order valence-electron chi connectivity index (χ3n) is 3.26. The largest absolute Gasteiger partial charge is 0.344 e. The maximum atomic E-state index is 11.8. The molecule has 1 rings (SSSR count). The topological polar surface area (TPSA) is 49.6 Å². The lowest BCUT2D eigenvalue weighted by molar-refractivity contribution is -0.134. The molecule has 1 aliphatic rings. The summed E-state index contributed by atoms with van der Waals surface area (Å²) in [6.07, 6.45) is 2.34. The number of hydrogen-bond donors (Lipinski definition) is 1. The lowest BCUT2D eigenvalue weighted by Gasteiger charge is -2.26. The number of likely N-dealkylation sites (N-methyl/N-ethyl adjacent to an activating group) is 1. The van der Waals surface area contributed by atoms with Crippen LogP contribution in [0, 0.1) is 5.92 Å². The highest BCUT2D eigenvalue weighted by Gasteiger charge is 2.26. The number of nitrogens with zero attached hydrogens (tertiary/aromatic N) is 2. The summed E-state index contributed by atoms with van der Waals surface area (Å²) in [4.78, 5) is 15.9. The third-order valence-corrected chi connectivity index (χ3v) is 3.26. The molecule has 1 atom stereocenters. The molecule has 0 aromatic heterocycles. The Kier molecular flexibility index (Phi) is 4.33. The molecule has 1 heterocycles. The molecular weight excluding hydrogens is 202 g/mol. The second kappa shape index (κ2) is 5.15. The van der Waals surface area contributed by atoms with Gasteiger partial charge in [-0.2, -0.15) is 0 Å². The molecule has 1 aliphatic heterocycles. The van der Waals surface area contributed by atoms with E-state index in [9.17, 15) is 4.79 Å². The molecular formula is C12H25N3O. The van der Waals surface area contributed by atoms with Crippen molar-refractivity contribution in [1.29, 1.82) is 0 Å². The van der Waals surface area contributed by atoms with Crippen molar-refractivity contribution in [3.05, 3.63) is 0 Å². The average Bonchev–Trinajstić information content (AvgIpc) is 2.58. The third kappa shape index (κ3) is 3.76. The van der Waals surface area contributed by atoms with Crippen LogP contribution in [0.2, 0.25) is 0 Å². The van der Waals surface area contributed by atoms with Crippen LogP contribution in [-0.4, -0.2) is 55.0 Å². The number of amides is 1. The van der Waals surface area contributed by atoms with Gasteiger partial charge in [-0.15, -0.1) is 0 Å². The van der Waals surface area contributed by atoms with Crippen LogP contribution in [0.3, 0.4) is 0 Å². The molecule has 0 radical (unpaired) electrons. The van der Waals surface area contributed by atoms with Gasteiger partial charge in [0.05, 0.1) is 5.54 Å². The Labute approximate surface area is 98.8 Å². The van der Waals surface area contributed by atoms with Crippen LogP contribution in [0.15, 0.2) is 0 Å². The molecule has 0 saturated carbocycles. The fourth-order valence-corrected chi connectivity index (χ4v) is 2.23. The van der Waals surface area contributed by atoms with Crippen molar-refractivity contribution >= 4 is 5.91 Å². The second-order valence-electron chi connectivity index (χ2n) is 5.65. The first kappa shape index (κ1) is 13.5. The first-order chi connectivity index (χ1) is 7.30. The summed E-state index contributed by atoms with van der Waals surface area (Å²) in [6, 6.07) is 0. The quantitative estimate of drug-likeness (QED) is 0.762. The summed E-state index contributed by atoms with van der Waals surface area (Å²) >= 11 is 0. The predicted octanol–water partition coefficient (Wildman–Crippen LogP) is 0.524. The Morgan fingerprint density at radius 2 is 2.19 bits per heavy atom.